The van der Waals surface area contributed by atoms with Crippen LogP contribution in [0.3, 0.4) is 0 Å². The summed E-state index contributed by atoms with van der Waals surface area (Å²) >= 11 is 3.49. The van der Waals surface area contributed by atoms with Gasteiger partial charge < -0.3 is 14.8 Å². The molecule has 0 fully saturated rings. The van der Waals surface area contributed by atoms with Gasteiger partial charge in [0.25, 0.3) is 0 Å². The molecule has 0 spiro atoms. The Morgan fingerprint density at radius 2 is 1.95 bits per heavy atom. The molecule has 2 aromatic rings. The summed E-state index contributed by atoms with van der Waals surface area (Å²) in [5.74, 6) is 1.53. The first-order valence-electron chi connectivity index (χ1n) is 6.54. The second kappa shape index (κ2) is 6.06. The van der Waals surface area contributed by atoms with E-state index in [1.54, 1.807) is 0 Å². The van der Waals surface area contributed by atoms with Crippen LogP contribution in [0.2, 0.25) is 0 Å². The monoisotopic (exact) mass is 344 g/mol. The lowest BCUT2D eigenvalue weighted by atomic mass is 10.1. The van der Waals surface area contributed by atoms with Crippen molar-refractivity contribution in [3.8, 4) is 17.6 Å². The van der Waals surface area contributed by atoms with E-state index < -0.39 is 0 Å². The number of hydrogen-bond acceptors (Lipinski definition) is 4. The van der Waals surface area contributed by atoms with Crippen LogP contribution in [0.1, 0.15) is 11.1 Å². The third-order valence-corrected chi connectivity index (χ3v) is 3.81. The summed E-state index contributed by atoms with van der Waals surface area (Å²) in [4.78, 5) is 0. The molecule has 0 aliphatic carbocycles. The van der Waals surface area contributed by atoms with Gasteiger partial charge in [0.2, 0.25) is 6.79 Å². The minimum Gasteiger partial charge on any atom is -0.454 e. The quantitative estimate of drug-likeness (QED) is 0.914. The minimum absolute atomic E-state index is 0.269. The van der Waals surface area contributed by atoms with Crippen molar-refractivity contribution in [2.75, 3.05) is 12.1 Å². The maximum Gasteiger partial charge on any atom is 0.231 e. The molecule has 1 heterocycles. The second-order valence-electron chi connectivity index (χ2n) is 4.70. The second-order valence-corrected chi connectivity index (χ2v) is 5.55. The number of hydrogen-bond donors (Lipinski definition) is 1. The first kappa shape index (κ1) is 13.8. The van der Waals surface area contributed by atoms with Crippen molar-refractivity contribution in [1.29, 1.82) is 5.26 Å². The van der Waals surface area contributed by atoms with Crippen LogP contribution in [-0.2, 0) is 13.0 Å². The molecule has 5 heteroatoms. The standard InChI is InChI=1S/C16H13BrN2O2/c17-14-7-12(8-15-16(14)21-10-20-15)9-19-13-3-1-11(2-4-13)5-6-18/h1-4,7-8,19H,5,9-10H2. The molecular formula is C16H13BrN2O2. The number of nitrogens with zero attached hydrogens (tertiary/aromatic N) is 1. The molecule has 0 bridgehead atoms. The lowest BCUT2D eigenvalue weighted by Gasteiger charge is -2.09. The molecule has 106 valence electrons. The van der Waals surface area contributed by atoms with Crippen molar-refractivity contribution in [3.63, 3.8) is 0 Å². The van der Waals surface area contributed by atoms with Crippen LogP contribution in [0, 0.1) is 11.3 Å². The third kappa shape index (κ3) is 3.11. The summed E-state index contributed by atoms with van der Waals surface area (Å²) in [6, 6.07) is 14.0. The molecule has 2 aromatic carbocycles. The Morgan fingerprint density at radius 3 is 2.71 bits per heavy atom. The van der Waals surface area contributed by atoms with Crippen LogP contribution in [0.4, 0.5) is 5.69 Å². The molecule has 0 amide bonds. The minimum atomic E-state index is 0.269. The zero-order chi connectivity index (χ0) is 14.7. The van der Waals surface area contributed by atoms with Gasteiger partial charge in [0.05, 0.1) is 17.0 Å². The van der Waals surface area contributed by atoms with E-state index >= 15 is 0 Å². The molecule has 3 rings (SSSR count). The van der Waals surface area contributed by atoms with E-state index in [2.05, 4.69) is 27.3 Å². The van der Waals surface area contributed by atoms with Gasteiger partial charge in [0, 0.05) is 12.2 Å². The molecule has 1 N–H and O–H groups in total. The van der Waals surface area contributed by atoms with Crippen molar-refractivity contribution < 1.29 is 9.47 Å². The van der Waals surface area contributed by atoms with Crippen LogP contribution in [0.5, 0.6) is 11.5 Å². The highest BCUT2D eigenvalue weighted by molar-refractivity contribution is 9.10. The molecule has 21 heavy (non-hydrogen) atoms. The van der Waals surface area contributed by atoms with E-state index in [9.17, 15) is 0 Å². The first-order valence-corrected chi connectivity index (χ1v) is 7.33. The highest BCUT2D eigenvalue weighted by Gasteiger charge is 2.17. The Bertz CT molecular complexity index is 693. The van der Waals surface area contributed by atoms with Crippen LogP contribution in [-0.4, -0.2) is 6.79 Å². The molecule has 0 saturated heterocycles. The summed E-state index contributed by atoms with van der Waals surface area (Å²) in [7, 11) is 0. The largest absolute Gasteiger partial charge is 0.454 e. The van der Waals surface area contributed by atoms with E-state index in [4.69, 9.17) is 14.7 Å². The van der Waals surface area contributed by atoms with E-state index in [1.807, 2.05) is 36.4 Å². The summed E-state index contributed by atoms with van der Waals surface area (Å²) in [5, 5.41) is 12.0. The van der Waals surface area contributed by atoms with E-state index in [0.29, 0.717) is 13.0 Å². The van der Waals surface area contributed by atoms with Gasteiger partial charge in [-0.05, 0) is 51.3 Å². The fourth-order valence-corrected chi connectivity index (χ4v) is 2.76. The lowest BCUT2D eigenvalue weighted by molar-refractivity contribution is 0.173. The Hall–Kier alpha value is -2.19. The Kier molecular flexibility index (Phi) is 3.98. The normalized spacial score (nSPS) is 12.0. The topological polar surface area (TPSA) is 54.3 Å². The number of rotatable bonds is 4. The van der Waals surface area contributed by atoms with Crippen LogP contribution in [0.15, 0.2) is 40.9 Å². The lowest BCUT2D eigenvalue weighted by Crippen LogP contribution is -1.99. The van der Waals surface area contributed by atoms with Gasteiger partial charge in [-0.3, -0.25) is 0 Å². The summed E-state index contributed by atoms with van der Waals surface area (Å²) in [6.07, 6.45) is 0.440. The smallest absolute Gasteiger partial charge is 0.231 e. The van der Waals surface area contributed by atoms with Crippen LogP contribution in [0.25, 0.3) is 0 Å². The van der Waals surface area contributed by atoms with E-state index in [-0.39, 0.29) is 6.79 Å². The Morgan fingerprint density at radius 1 is 1.14 bits per heavy atom. The number of nitrogens with one attached hydrogen (secondary N) is 1. The van der Waals surface area contributed by atoms with Gasteiger partial charge in [-0.25, -0.2) is 0 Å². The molecule has 0 radical (unpaired) electrons. The number of ether oxygens (including phenoxy) is 2. The van der Waals surface area contributed by atoms with Crippen molar-refractivity contribution in [2.24, 2.45) is 0 Å². The summed E-state index contributed by atoms with van der Waals surface area (Å²) in [6.45, 7) is 0.956. The molecule has 1 aliphatic rings. The van der Waals surface area contributed by atoms with Gasteiger partial charge in [-0.2, -0.15) is 5.26 Å². The van der Waals surface area contributed by atoms with Gasteiger partial charge >= 0.3 is 0 Å². The zero-order valence-electron chi connectivity index (χ0n) is 11.2. The van der Waals surface area contributed by atoms with Crippen LogP contribution >= 0.6 is 15.9 Å². The fourth-order valence-electron chi connectivity index (χ4n) is 2.16. The fraction of sp³-hybridized carbons (Fsp3) is 0.188. The molecule has 0 atom stereocenters. The first-order chi connectivity index (χ1) is 10.3. The summed E-state index contributed by atoms with van der Waals surface area (Å²) < 4.78 is 11.7. The molecule has 0 unspecified atom stereocenters. The predicted molar refractivity (Wildman–Crippen MR) is 83.4 cm³/mol. The van der Waals surface area contributed by atoms with E-state index in [1.165, 1.54) is 0 Å². The van der Waals surface area contributed by atoms with E-state index in [0.717, 1.165) is 32.8 Å². The zero-order valence-corrected chi connectivity index (χ0v) is 12.8. The molecule has 0 aromatic heterocycles. The molecule has 4 nitrogen and oxygen atoms in total. The Labute approximate surface area is 131 Å². The maximum absolute atomic E-state index is 8.65. The molecule has 0 saturated carbocycles. The van der Waals surface area contributed by atoms with Crippen LogP contribution < -0.4 is 14.8 Å². The average Bonchev–Trinajstić information content (AvgIpc) is 2.96. The number of anilines is 1. The number of halogens is 1. The van der Waals surface area contributed by atoms with Crippen molar-refractivity contribution in [3.05, 3.63) is 52.0 Å². The Balaban J connectivity index is 1.68. The van der Waals surface area contributed by atoms with Gasteiger partial charge in [0.15, 0.2) is 11.5 Å². The number of nitriles is 1. The highest BCUT2D eigenvalue weighted by atomic mass is 79.9. The summed E-state index contributed by atoms with van der Waals surface area (Å²) in [5.41, 5.74) is 3.14. The maximum atomic E-state index is 8.65. The van der Waals surface area contributed by atoms with Crippen molar-refractivity contribution >= 4 is 21.6 Å². The highest BCUT2D eigenvalue weighted by Crippen LogP contribution is 2.40. The molecule has 1 aliphatic heterocycles. The SMILES string of the molecule is N#CCc1ccc(NCc2cc(Br)c3c(c2)OCO3)cc1. The van der Waals surface area contributed by atoms with Crippen molar-refractivity contribution in [2.45, 2.75) is 13.0 Å². The molecular weight excluding hydrogens is 332 g/mol. The average molecular weight is 345 g/mol. The predicted octanol–water partition coefficient (Wildman–Crippen LogP) is 3.86. The van der Waals surface area contributed by atoms with Crippen molar-refractivity contribution in [1.82, 2.24) is 0 Å². The number of benzene rings is 2. The van der Waals surface area contributed by atoms with Gasteiger partial charge in [0.1, 0.15) is 0 Å². The number of fused-ring (bicyclic) bond motifs is 1. The van der Waals surface area contributed by atoms with Gasteiger partial charge in [-0.15, -0.1) is 0 Å². The van der Waals surface area contributed by atoms with Gasteiger partial charge in [-0.1, -0.05) is 12.1 Å². The third-order valence-electron chi connectivity index (χ3n) is 3.22.